The van der Waals surface area contributed by atoms with E-state index >= 15 is 0 Å². The number of hydrogen-bond acceptors (Lipinski definition) is 3. The van der Waals surface area contributed by atoms with E-state index in [1.165, 1.54) is 35.3 Å². The fourth-order valence-electron chi connectivity index (χ4n) is 2.92. The highest BCUT2D eigenvalue weighted by Gasteiger charge is 2.18. The second kappa shape index (κ2) is 6.06. The highest BCUT2D eigenvalue weighted by atomic mass is 32.2. The van der Waals surface area contributed by atoms with E-state index in [0.717, 1.165) is 18.0 Å². The van der Waals surface area contributed by atoms with Gasteiger partial charge in [0.25, 0.3) is 0 Å². The van der Waals surface area contributed by atoms with Crippen molar-refractivity contribution in [1.29, 1.82) is 0 Å². The molecule has 3 rings (SSSR count). The predicted molar refractivity (Wildman–Crippen MR) is 87.4 cm³/mol. The van der Waals surface area contributed by atoms with Crippen molar-refractivity contribution in [2.45, 2.75) is 25.4 Å². The van der Waals surface area contributed by atoms with Gasteiger partial charge in [0.1, 0.15) is 5.75 Å². The number of fused-ring (bicyclic) bond motifs is 1. The third kappa shape index (κ3) is 3.10. The second-order valence-electron chi connectivity index (χ2n) is 5.62. The fraction of sp³-hybridized carbons (Fsp3) is 0.412. The Kier molecular flexibility index (Phi) is 4.18. The van der Waals surface area contributed by atoms with Crippen LogP contribution in [0.15, 0.2) is 36.4 Å². The number of phenols is 1. The minimum atomic E-state index is 0.335. The Hall–Kier alpha value is -1.19. The maximum atomic E-state index is 9.50. The third-order valence-electron chi connectivity index (χ3n) is 4.13. The van der Waals surface area contributed by atoms with Crippen molar-refractivity contribution in [1.82, 2.24) is 4.90 Å². The summed E-state index contributed by atoms with van der Waals surface area (Å²) in [6, 6.07) is 12.8. The van der Waals surface area contributed by atoms with Crippen molar-refractivity contribution in [3.63, 3.8) is 0 Å². The Balaban J connectivity index is 1.75. The SMILES string of the molecule is CN(Cc1ccc2cc(O)ccc2c1)C1CCSCC1. The van der Waals surface area contributed by atoms with Crippen molar-refractivity contribution in [3.8, 4) is 5.75 Å². The van der Waals surface area contributed by atoms with Crippen LogP contribution in [0.4, 0.5) is 0 Å². The van der Waals surface area contributed by atoms with Crippen LogP contribution in [0, 0.1) is 0 Å². The van der Waals surface area contributed by atoms with Crippen LogP contribution in [0.5, 0.6) is 5.75 Å². The van der Waals surface area contributed by atoms with E-state index in [9.17, 15) is 5.11 Å². The Bertz CT molecular complexity index is 593. The van der Waals surface area contributed by atoms with Gasteiger partial charge in [-0.3, -0.25) is 4.90 Å². The first-order chi connectivity index (χ1) is 9.72. The molecule has 1 N–H and O–H groups in total. The summed E-state index contributed by atoms with van der Waals surface area (Å²) in [6.07, 6.45) is 2.62. The quantitative estimate of drug-likeness (QED) is 0.927. The van der Waals surface area contributed by atoms with Crippen molar-refractivity contribution >= 4 is 22.5 Å². The zero-order chi connectivity index (χ0) is 13.9. The molecule has 0 aliphatic carbocycles. The molecule has 0 atom stereocenters. The lowest BCUT2D eigenvalue weighted by molar-refractivity contribution is 0.221. The average molecular weight is 287 g/mol. The van der Waals surface area contributed by atoms with Crippen LogP contribution in [0.3, 0.4) is 0 Å². The number of hydrogen-bond donors (Lipinski definition) is 1. The molecule has 0 unspecified atom stereocenters. The number of rotatable bonds is 3. The summed E-state index contributed by atoms with van der Waals surface area (Å²) in [5, 5.41) is 11.8. The summed E-state index contributed by atoms with van der Waals surface area (Å²) < 4.78 is 0. The van der Waals surface area contributed by atoms with Gasteiger partial charge in [0, 0.05) is 12.6 Å². The van der Waals surface area contributed by atoms with E-state index in [2.05, 4.69) is 41.9 Å². The second-order valence-corrected chi connectivity index (χ2v) is 6.85. The molecule has 0 bridgehead atoms. The summed E-state index contributed by atoms with van der Waals surface area (Å²) in [5.41, 5.74) is 1.35. The minimum Gasteiger partial charge on any atom is -0.508 e. The number of aromatic hydroxyl groups is 1. The lowest BCUT2D eigenvalue weighted by Crippen LogP contribution is -2.34. The van der Waals surface area contributed by atoms with E-state index in [4.69, 9.17) is 0 Å². The highest BCUT2D eigenvalue weighted by Crippen LogP contribution is 2.24. The van der Waals surface area contributed by atoms with E-state index in [1.807, 2.05) is 12.1 Å². The van der Waals surface area contributed by atoms with E-state index in [-0.39, 0.29) is 0 Å². The normalized spacial score (nSPS) is 16.9. The van der Waals surface area contributed by atoms with Crippen molar-refractivity contribution in [2.75, 3.05) is 18.6 Å². The van der Waals surface area contributed by atoms with Gasteiger partial charge < -0.3 is 5.11 Å². The molecule has 2 aromatic carbocycles. The lowest BCUT2D eigenvalue weighted by Gasteiger charge is -2.31. The molecule has 0 saturated carbocycles. The van der Waals surface area contributed by atoms with Crippen LogP contribution in [0.1, 0.15) is 18.4 Å². The van der Waals surface area contributed by atoms with Gasteiger partial charge in [-0.25, -0.2) is 0 Å². The molecule has 1 fully saturated rings. The van der Waals surface area contributed by atoms with Gasteiger partial charge in [-0.1, -0.05) is 18.2 Å². The number of benzene rings is 2. The molecule has 106 valence electrons. The minimum absolute atomic E-state index is 0.335. The van der Waals surface area contributed by atoms with Crippen molar-refractivity contribution in [2.24, 2.45) is 0 Å². The van der Waals surface area contributed by atoms with Crippen LogP contribution < -0.4 is 0 Å². The molecule has 1 aliphatic rings. The molecular formula is C17H21NOS. The van der Waals surface area contributed by atoms with Gasteiger partial charge in [-0.15, -0.1) is 0 Å². The zero-order valence-corrected chi connectivity index (χ0v) is 12.7. The fourth-order valence-corrected chi connectivity index (χ4v) is 4.01. The molecule has 0 amide bonds. The van der Waals surface area contributed by atoms with Crippen molar-refractivity contribution in [3.05, 3.63) is 42.0 Å². The number of phenolic OH excluding ortho intramolecular Hbond substituents is 1. The third-order valence-corrected chi connectivity index (χ3v) is 5.18. The Morgan fingerprint density at radius 2 is 1.80 bits per heavy atom. The molecule has 20 heavy (non-hydrogen) atoms. The molecule has 0 radical (unpaired) electrons. The van der Waals surface area contributed by atoms with Crippen LogP contribution in [0.25, 0.3) is 10.8 Å². The summed E-state index contributed by atoms with van der Waals surface area (Å²) in [4.78, 5) is 2.49. The Labute approximate surface area is 124 Å². The maximum absolute atomic E-state index is 9.50. The molecule has 3 heteroatoms. The van der Waals surface area contributed by atoms with Gasteiger partial charge in [0.15, 0.2) is 0 Å². The molecule has 2 nitrogen and oxygen atoms in total. The summed E-state index contributed by atoms with van der Waals surface area (Å²) in [5.74, 6) is 2.93. The summed E-state index contributed by atoms with van der Waals surface area (Å²) in [6.45, 7) is 1.01. The van der Waals surface area contributed by atoms with Crippen LogP contribution in [-0.4, -0.2) is 34.6 Å². The topological polar surface area (TPSA) is 23.5 Å². The number of nitrogens with zero attached hydrogens (tertiary/aromatic N) is 1. The molecule has 1 aliphatic heterocycles. The lowest BCUT2D eigenvalue weighted by atomic mass is 10.0. The maximum Gasteiger partial charge on any atom is 0.116 e. The molecule has 0 spiro atoms. The monoisotopic (exact) mass is 287 g/mol. The predicted octanol–water partition coefficient (Wildman–Crippen LogP) is 3.87. The first-order valence-electron chi connectivity index (χ1n) is 7.22. The van der Waals surface area contributed by atoms with Crippen LogP contribution >= 0.6 is 11.8 Å². The molecule has 1 heterocycles. The van der Waals surface area contributed by atoms with E-state index < -0.39 is 0 Å². The highest BCUT2D eigenvalue weighted by molar-refractivity contribution is 7.99. The van der Waals surface area contributed by atoms with Gasteiger partial charge in [-0.05, 0) is 65.9 Å². The Morgan fingerprint density at radius 1 is 1.10 bits per heavy atom. The summed E-state index contributed by atoms with van der Waals surface area (Å²) in [7, 11) is 2.24. The molecule has 2 aromatic rings. The van der Waals surface area contributed by atoms with Gasteiger partial charge >= 0.3 is 0 Å². The van der Waals surface area contributed by atoms with E-state index in [1.54, 1.807) is 6.07 Å². The Morgan fingerprint density at radius 3 is 2.60 bits per heavy atom. The van der Waals surface area contributed by atoms with Crippen molar-refractivity contribution < 1.29 is 5.11 Å². The largest absolute Gasteiger partial charge is 0.508 e. The standard InChI is InChI=1S/C17H21NOS/c1-18(16-6-8-20-9-7-16)12-13-2-3-15-11-17(19)5-4-14(15)10-13/h2-5,10-11,16,19H,6-9,12H2,1H3. The zero-order valence-electron chi connectivity index (χ0n) is 11.9. The smallest absolute Gasteiger partial charge is 0.116 e. The first-order valence-corrected chi connectivity index (χ1v) is 8.37. The van der Waals surface area contributed by atoms with Gasteiger partial charge in [0.2, 0.25) is 0 Å². The molecule has 0 aromatic heterocycles. The molecular weight excluding hydrogens is 266 g/mol. The van der Waals surface area contributed by atoms with E-state index in [0.29, 0.717) is 5.75 Å². The van der Waals surface area contributed by atoms with Crippen LogP contribution in [0.2, 0.25) is 0 Å². The molecule has 1 saturated heterocycles. The van der Waals surface area contributed by atoms with Gasteiger partial charge in [-0.2, -0.15) is 11.8 Å². The summed E-state index contributed by atoms with van der Waals surface area (Å²) >= 11 is 2.08. The number of thioether (sulfide) groups is 1. The average Bonchev–Trinajstić information content (AvgIpc) is 2.48. The van der Waals surface area contributed by atoms with Gasteiger partial charge in [0.05, 0.1) is 0 Å². The first kappa shape index (κ1) is 13.8. The van der Waals surface area contributed by atoms with Crippen LogP contribution in [-0.2, 0) is 6.54 Å².